The van der Waals surface area contributed by atoms with E-state index in [-0.39, 0.29) is 6.04 Å². The van der Waals surface area contributed by atoms with Crippen molar-refractivity contribution in [1.29, 1.82) is 0 Å². The van der Waals surface area contributed by atoms with Crippen LogP contribution in [-0.4, -0.2) is 24.0 Å². The van der Waals surface area contributed by atoms with Crippen molar-refractivity contribution < 1.29 is 9.47 Å². The maximum absolute atomic E-state index is 5.83. The maximum Gasteiger partial charge on any atom is 0.127 e. The lowest BCUT2D eigenvalue weighted by atomic mass is 9.96. The van der Waals surface area contributed by atoms with Gasteiger partial charge in [-0.15, -0.1) is 0 Å². The number of hydrogen-bond acceptors (Lipinski definition) is 5. The molecule has 1 unspecified atom stereocenters. The standard InChI is InChI=1S/C15H22N4O2/c1-9-13(10(2)19(3)18-9)15(17-16)14-11(20-4)7-6-8-12(14)21-5/h6-8,15,17H,16H2,1-5H3. The minimum atomic E-state index is -0.259. The van der Waals surface area contributed by atoms with Gasteiger partial charge >= 0.3 is 0 Å². The molecule has 2 aromatic rings. The highest BCUT2D eigenvalue weighted by Crippen LogP contribution is 2.38. The largest absolute Gasteiger partial charge is 0.496 e. The Morgan fingerprint density at radius 3 is 2.10 bits per heavy atom. The molecule has 0 aliphatic carbocycles. The molecule has 0 radical (unpaired) electrons. The topological polar surface area (TPSA) is 74.3 Å². The Morgan fingerprint density at radius 2 is 1.71 bits per heavy atom. The van der Waals surface area contributed by atoms with Crippen molar-refractivity contribution in [3.63, 3.8) is 0 Å². The van der Waals surface area contributed by atoms with E-state index >= 15 is 0 Å². The zero-order chi connectivity index (χ0) is 15.6. The van der Waals surface area contributed by atoms with Crippen molar-refractivity contribution in [3.8, 4) is 11.5 Å². The van der Waals surface area contributed by atoms with Gasteiger partial charge in [-0.3, -0.25) is 10.5 Å². The van der Waals surface area contributed by atoms with Crippen LogP contribution in [-0.2, 0) is 7.05 Å². The smallest absolute Gasteiger partial charge is 0.127 e. The highest BCUT2D eigenvalue weighted by molar-refractivity contribution is 5.51. The highest BCUT2D eigenvalue weighted by Gasteiger charge is 2.26. The minimum absolute atomic E-state index is 0.259. The zero-order valence-electron chi connectivity index (χ0n) is 13.1. The number of aromatic nitrogens is 2. The third-order valence-electron chi connectivity index (χ3n) is 3.77. The quantitative estimate of drug-likeness (QED) is 0.646. The molecule has 0 spiro atoms. The van der Waals surface area contributed by atoms with Gasteiger partial charge in [-0.1, -0.05) is 6.07 Å². The van der Waals surface area contributed by atoms with E-state index in [0.29, 0.717) is 0 Å². The summed E-state index contributed by atoms with van der Waals surface area (Å²) in [5.74, 6) is 7.28. The van der Waals surface area contributed by atoms with Crippen LogP contribution in [0.1, 0.15) is 28.6 Å². The van der Waals surface area contributed by atoms with Gasteiger partial charge in [0.2, 0.25) is 0 Å². The number of nitrogens with zero attached hydrogens (tertiary/aromatic N) is 2. The molecule has 0 saturated carbocycles. The molecule has 0 aliphatic rings. The molecule has 1 aromatic heterocycles. The predicted octanol–water partition coefficient (Wildman–Crippen LogP) is 1.61. The third kappa shape index (κ3) is 2.59. The van der Waals surface area contributed by atoms with Gasteiger partial charge in [-0.25, -0.2) is 5.43 Å². The summed E-state index contributed by atoms with van der Waals surface area (Å²) in [4.78, 5) is 0. The van der Waals surface area contributed by atoms with Crippen LogP contribution < -0.4 is 20.7 Å². The van der Waals surface area contributed by atoms with E-state index in [0.717, 1.165) is 34.0 Å². The molecule has 1 heterocycles. The van der Waals surface area contributed by atoms with Gasteiger partial charge in [0.1, 0.15) is 11.5 Å². The fourth-order valence-electron chi connectivity index (χ4n) is 2.68. The van der Waals surface area contributed by atoms with Gasteiger partial charge in [0.25, 0.3) is 0 Å². The van der Waals surface area contributed by atoms with Gasteiger partial charge in [0, 0.05) is 18.3 Å². The number of benzene rings is 1. The van der Waals surface area contributed by atoms with E-state index in [1.165, 1.54) is 0 Å². The van der Waals surface area contributed by atoms with E-state index in [2.05, 4.69) is 10.5 Å². The van der Waals surface area contributed by atoms with Gasteiger partial charge < -0.3 is 9.47 Å². The van der Waals surface area contributed by atoms with Crippen molar-refractivity contribution in [1.82, 2.24) is 15.2 Å². The number of rotatable bonds is 5. The highest BCUT2D eigenvalue weighted by atomic mass is 16.5. The monoisotopic (exact) mass is 290 g/mol. The molecule has 3 N–H and O–H groups in total. The number of hydrazine groups is 1. The van der Waals surface area contributed by atoms with Crippen molar-refractivity contribution in [2.24, 2.45) is 12.9 Å². The van der Waals surface area contributed by atoms with Crippen LogP contribution in [0.15, 0.2) is 18.2 Å². The molecule has 2 rings (SSSR count). The first-order valence-electron chi connectivity index (χ1n) is 6.72. The summed E-state index contributed by atoms with van der Waals surface area (Å²) in [7, 11) is 5.18. The van der Waals surface area contributed by atoms with Gasteiger partial charge in [-0.2, -0.15) is 5.10 Å². The molecular weight excluding hydrogens is 268 g/mol. The van der Waals surface area contributed by atoms with Gasteiger partial charge in [0.15, 0.2) is 0 Å². The van der Waals surface area contributed by atoms with E-state index in [1.807, 2.05) is 43.8 Å². The van der Waals surface area contributed by atoms with Crippen LogP contribution in [0, 0.1) is 13.8 Å². The lowest BCUT2D eigenvalue weighted by Gasteiger charge is -2.22. The summed E-state index contributed by atoms with van der Waals surface area (Å²) in [5.41, 5.74) is 6.73. The number of ether oxygens (including phenoxy) is 2. The number of aryl methyl sites for hydroxylation is 2. The summed E-state index contributed by atoms with van der Waals surface area (Å²) >= 11 is 0. The molecule has 0 amide bonds. The number of methoxy groups -OCH3 is 2. The predicted molar refractivity (Wildman–Crippen MR) is 81.4 cm³/mol. The molecule has 1 atom stereocenters. The number of hydrogen-bond donors (Lipinski definition) is 2. The lowest BCUT2D eigenvalue weighted by Crippen LogP contribution is -2.30. The lowest BCUT2D eigenvalue weighted by molar-refractivity contribution is 0.377. The molecule has 0 saturated heterocycles. The summed E-state index contributed by atoms with van der Waals surface area (Å²) in [5, 5.41) is 4.46. The van der Waals surface area contributed by atoms with Crippen LogP contribution in [0.25, 0.3) is 0 Å². The minimum Gasteiger partial charge on any atom is -0.496 e. The Kier molecular flexibility index (Phi) is 4.50. The van der Waals surface area contributed by atoms with Crippen LogP contribution in [0.5, 0.6) is 11.5 Å². The molecule has 0 aliphatic heterocycles. The van der Waals surface area contributed by atoms with E-state index < -0.39 is 0 Å². The second-order valence-electron chi connectivity index (χ2n) is 4.88. The molecular formula is C15H22N4O2. The number of nitrogens with one attached hydrogen (secondary N) is 1. The van der Waals surface area contributed by atoms with Crippen LogP contribution in [0.4, 0.5) is 0 Å². The summed E-state index contributed by atoms with van der Waals surface area (Å²) < 4.78 is 12.8. The SMILES string of the molecule is COc1cccc(OC)c1C(NN)c1c(C)nn(C)c1C. The number of nitrogens with two attached hydrogens (primary N) is 1. The van der Waals surface area contributed by atoms with Crippen LogP contribution >= 0.6 is 0 Å². The Bertz CT molecular complexity index is 615. The molecule has 21 heavy (non-hydrogen) atoms. The Morgan fingerprint density at radius 1 is 1.14 bits per heavy atom. The van der Waals surface area contributed by atoms with E-state index in [4.69, 9.17) is 15.3 Å². The zero-order valence-corrected chi connectivity index (χ0v) is 13.1. The van der Waals surface area contributed by atoms with E-state index in [9.17, 15) is 0 Å². The molecule has 0 fully saturated rings. The second-order valence-corrected chi connectivity index (χ2v) is 4.88. The second kappa shape index (κ2) is 6.15. The third-order valence-corrected chi connectivity index (χ3v) is 3.77. The Balaban J connectivity index is 2.67. The van der Waals surface area contributed by atoms with Crippen LogP contribution in [0.3, 0.4) is 0 Å². The normalized spacial score (nSPS) is 12.3. The first-order chi connectivity index (χ1) is 10.0. The van der Waals surface area contributed by atoms with E-state index in [1.54, 1.807) is 14.2 Å². The Hall–Kier alpha value is -2.05. The molecule has 1 aromatic carbocycles. The van der Waals surface area contributed by atoms with Crippen LogP contribution in [0.2, 0.25) is 0 Å². The molecule has 0 bridgehead atoms. The summed E-state index contributed by atoms with van der Waals surface area (Å²) in [6, 6.07) is 5.41. The maximum atomic E-state index is 5.83. The molecule has 6 heteroatoms. The molecule has 6 nitrogen and oxygen atoms in total. The van der Waals surface area contributed by atoms with Crippen molar-refractivity contribution in [3.05, 3.63) is 40.7 Å². The van der Waals surface area contributed by atoms with Crippen molar-refractivity contribution in [2.75, 3.05) is 14.2 Å². The first-order valence-corrected chi connectivity index (χ1v) is 6.72. The van der Waals surface area contributed by atoms with Gasteiger partial charge in [-0.05, 0) is 26.0 Å². The Labute approximate surface area is 124 Å². The van der Waals surface area contributed by atoms with Crippen molar-refractivity contribution in [2.45, 2.75) is 19.9 Å². The fraction of sp³-hybridized carbons (Fsp3) is 0.400. The summed E-state index contributed by atoms with van der Waals surface area (Å²) in [6.07, 6.45) is 0. The average Bonchev–Trinajstić information content (AvgIpc) is 2.74. The molecule has 114 valence electrons. The first kappa shape index (κ1) is 15.3. The summed E-state index contributed by atoms with van der Waals surface area (Å²) in [6.45, 7) is 3.98. The fourth-order valence-corrected chi connectivity index (χ4v) is 2.68. The van der Waals surface area contributed by atoms with Gasteiger partial charge in [0.05, 0.1) is 31.5 Å². The average molecular weight is 290 g/mol. The van der Waals surface area contributed by atoms with Crippen molar-refractivity contribution >= 4 is 0 Å².